The predicted octanol–water partition coefficient (Wildman–Crippen LogP) is 36.9. The van der Waals surface area contributed by atoms with Gasteiger partial charge < -0.3 is 39.2 Å². The molecule has 0 heterocycles. The predicted molar refractivity (Wildman–Crippen MR) is 579 cm³/mol. The quantitative estimate of drug-likeness (QED) is 0.0529. The van der Waals surface area contributed by atoms with E-state index in [1.165, 1.54) is 90.0 Å². The van der Waals surface area contributed by atoms with Crippen LogP contribution in [0.15, 0.2) is 510 Å². The number of para-hydroxylation sites is 12. The Balaban J connectivity index is 0.000000174. The van der Waals surface area contributed by atoms with E-state index in [1.807, 2.05) is 0 Å². The third kappa shape index (κ3) is 19.0. The summed E-state index contributed by atoms with van der Waals surface area (Å²) in [5, 5.41) is 0. The summed E-state index contributed by atoms with van der Waals surface area (Å²) >= 11 is 0. The Bertz CT molecular complexity index is 6330. The Hall–Kier alpha value is -17.2. The molecule has 0 radical (unpaired) electrons. The van der Waals surface area contributed by atoms with Gasteiger partial charge in [-0.05, 0) is 365 Å². The van der Waals surface area contributed by atoms with Crippen LogP contribution in [-0.2, 0) is 0 Å². The highest BCUT2D eigenvalue weighted by Gasteiger charge is 2.26. The molecule has 20 rings (SSSR count). The minimum absolute atomic E-state index is 1.08. The molecule has 20 aromatic rings. The molecule has 0 fully saturated rings. The van der Waals surface area contributed by atoms with Gasteiger partial charge in [-0.25, -0.2) is 0 Å². The first-order valence-electron chi connectivity index (χ1n) is 46.7. The monoisotopic (exact) mass is 1760 g/mol. The summed E-state index contributed by atoms with van der Waals surface area (Å²) in [5.41, 5.74) is 41.2. The van der Waals surface area contributed by atoms with Crippen molar-refractivity contribution in [2.45, 2.75) is 55.4 Å². The SMILES string of the molecule is Cc1ccccc1N(c1ccc(N(c2ccccc2)c2ccc(-c3ccc(N(c4ccccc4)c4ccc(N(c5ccccc5C)c5ccccc5C)cc4)cc3)cc2)cc1)c1ccccc1C.Cc1ccccc1N(c1ccc(N(c2ccccc2)c2ccc(-c3ccc(N(c4ccccc4)c4ccc(N(c5ccccc5C)c5ccccc5C)cc4)cc3)cc2)cc1)c1ccccc1C. The molecule has 0 aliphatic heterocycles. The molecule has 8 heteroatoms. The maximum Gasteiger partial charge on any atom is 0.0490 e. The highest BCUT2D eigenvalue weighted by Crippen LogP contribution is 2.49. The Morgan fingerprint density at radius 1 is 0.0882 bits per heavy atom. The minimum atomic E-state index is 1.08. The Morgan fingerprint density at radius 3 is 0.309 bits per heavy atom. The van der Waals surface area contributed by atoms with E-state index in [1.54, 1.807) is 0 Å². The van der Waals surface area contributed by atoms with E-state index in [0.717, 1.165) is 113 Å². The van der Waals surface area contributed by atoms with Gasteiger partial charge in [0.05, 0.1) is 0 Å². The second-order valence-corrected chi connectivity index (χ2v) is 34.6. The lowest BCUT2D eigenvalue weighted by atomic mass is 10.0. The molecule has 8 nitrogen and oxygen atoms in total. The maximum atomic E-state index is 2.37. The number of hydrogen-bond donors (Lipinski definition) is 0. The van der Waals surface area contributed by atoms with E-state index < -0.39 is 0 Å². The van der Waals surface area contributed by atoms with Crippen LogP contribution in [0, 0.1) is 55.4 Å². The van der Waals surface area contributed by atoms with Gasteiger partial charge in [-0.3, -0.25) is 0 Å². The molecule has 0 spiro atoms. The number of anilines is 24. The van der Waals surface area contributed by atoms with Crippen molar-refractivity contribution < 1.29 is 0 Å². The molecule has 0 saturated carbocycles. The molecule has 0 N–H and O–H groups in total. The third-order valence-corrected chi connectivity index (χ3v) is 25.5. The lowest BCUT2D eigenvalue weighted by Gasteiger charge is -2.30. The van der Waals surface area contributed by atoms with Gasteiger partial charge in [0, 0.05) is 136 Å². The normalized spacial score (nSPS) is 10.9. The molecule has 0 aliphatic rings. The molecule has 0 atom stereocenters. The van der Waals surface area contributed by atoms with Gasteiger partial charge in [-0.1, -0.05) is 267 Å². The molecule has 0 aromatic heterocycles. The van der Waals surface area contributed by atoms with Crippen molar-refractivity contribution in [3.8, 4) is 22.3 Å². The van der Waals surface area contributed by atoms with Crippen molar-refractivity contribution in [3.05, 3.63) is 554 Å². The van der Waals surface area contributed by atoms with Gasteiger partial charge in [0.2, 0.25) is 0 Å². The van der Waals surface area contributed by atoms with Crippen LogP contribution in [0.5, 0.6) is 0 Å². The number of nitrogens with zero attached hydrogens (tertiary/aromatic N) is 8. The fourth-order valence-electron chi connectivity index (χ4n) is 18.5. The summed E-state index contributed by atoms with van der Waals surface area (Å²) in [6, 6.07) is 183. The summed E-state index contributed by atoms with van der Waals surface area (Å²) in [4.78, 5) is 18.8. The second kappa shape index (κ2) is 40.7. The average molecular weight is 1760 g/mol. The van der Waals surface area contributed by atoms with E-state index in [0.29, 0.717) is 0 Å². The van der Waals surface area contributed by atoms with Crippen LogP contribution in [-0.4, -0.2) is 0 Å². The van der Waals surface area contributed by atoms with Gasteiger partial charge in [-0.2, -0.15) is 0 Å². The van der Waals surface area contributed by atoms with Crippen LogP contribution >= 0.6 is 0 Å². The van der Waals surface area contributed by atoms with Crippen LogP contribution in [0.25, 0.3) is 22.3 Å². The fourth-order valence-corrected chi connectivity index (χ4v) is 18.5. The Kier molecular flexibility index (Phi) is 26.3. The van der Waals surface area contributed by atoms with Crippen LogP contribution in [0.4, 0.5) is 136 Å². The smallest absolute Gasteiger partial charge is 0.0490 e. The van der Waals surface area contributed by atoms with Gasteiger partial charge in [0.25, 0.3) is 0 Å². The molecule has 0 unspecified atom stereocenters. The van der Waals surface area contributed by atoms with Gasteiger partial charge in [-0.15, -0.1) is 0 Å². The summed E-state index contributed by atoms with van der Waals surface area (Å²) < 4.78 is 0. The maximum absolute atomic E-state index is 2.37. The largest absolute Gasteiger partial charge is 0.311 e. The first-order chi connectivity index (χ1) is 66.8. The average Bonchev–Trinajstić information content (AvgIpc) is 0.784. The number of benzene rings is 20. The molecular weight excluding hydrogens is 1650 g/mol. The van der Waals surface area contributed by atoms with Crippen molar-refractivity contribution in [3.63, 3.8) is 0 Å². The summed E-state index contributed by atoms with van der Waals surface area (Å²) in [7, 11) is 0. The fraction of sp³-hybridized carbons (Fsp3) is 0.0625. The number of hydrogen-bond acceptors (Lipinski definition) is 8. The first-order valence-corrected chi connectivity index (χ1v) is 46.7. The van der Waals surface area contributed by atoms with Crippen molar-refractivity contribution in [1.82, 2.24) is 0 Å². The number of rotatable bonds is 26. The molecule has 660 valence electrons. The standard InChI is InChI=1S/2C64H54N4/c2*1-47-19-11-15-27-61(47)67(62-28-16-12-20-48(62)2)59-43-39-57(40-44-59)65(53-23-7-5-8-24-53)55-35-31-51(32-36-55)52-33-37-56(38-34-52)66(54-25-9-6-10-26-54)58-41-45-60(46-42-58)68(63-29-17-13-21-49(63)3)64-30-18-14-22-50(64)4/h2*5-46H,1-4H3. The third-order valence-electron chi connectivity index (χ3n) is 25.5. The van der Waals surface area contributed by atoms with Crippen molar-refractivity contribution >= 4 is 136 Å². The highest BCUT2D eigenvalue weighted by atomic mass is 15.2. The van der Waals surface area contributed by atoms with E-state index in [9.17, 15) is 0 Å². The van der Waals surface area contributed by atoms with Crippen molar-refractivity contribution in [2.75, 3.05) is 39.2 Å². The summed E-state index contributed by atoms with van der Waals surface area (Å²) in [6.45, 7) is 17.4. The van der Waals surface area contributed by atoms with E-state index in [4.69, 9.17) is 0 Å². The van der Waals surface area contributed by atoms with Crippen LogP contribution in [0.3, 0.4) is 0 Å². The molecule has 0 aliphatic carbocycles. The zero-order valence-corrected chi connectivity index (χ0v) is 78.1. The lowest BCUT2D eigenvalue weighted by Crippen LogP contribution is -2.13. The molecule has 0 saturated heterocycles. The zero-order valence-electron chi connectivity index (χ0n) is 78.1. The lowest BCUT2D eigenvalue weighted by molar-refractivity contribution is 1.22. The van der Waals surface area contributed by atoms with Gasteiger partial charge in [0.15, 0.2) is 0 Å². The molecule has 0 bridgehead atoms. The van der Waals surface area contributed by atoms with Crippen LogP contribution in [0.1, 0.15) is 44.5 Å². The Morgan fingerprint density at radius 2 is 0.184 bits per heavy atom. The summed E-state index contributed by atoms with van der Waals surface area (Å²) in [6.07, 6.45) is 0. The highest BCUT2D eigenvalue weighted by molar-refractivity contribution is 5.91. The zero-order chi connectivity index (χ0) is 92.8. The second-order valence-electron chi connectivity index (χ2n) is 34.6. The number of aryl methyl sites for hydroxylation is 8. The van der Waals surface area contributed by atoms with Crippen molar-refractivity contribution in [2.24, 2.45) is 0 Å². The minimum Gasteiger partial charge on any atom is -0.311 e. The van der Waals surface area contributed by atoms with Crippen LogP contribution in [0.2, 0.25) is 0 Å². The molecule has 136 heavy (non-hydrogen) atoms. The molecule has 20 aromatic carbocycles. The molecular formula is C128H108N8. The molecule has 0 amide bonds. The van der Waals surface area contributed by atoms with Gasteiger partial charge in [0.1, 0.15) is 0 Å². The topological polar surface area (TPSA) is 25.9 Å². The first kappa shape index (κ1) is 88.1. The van der Waals surface area contributed by atoms with E-state index >= 15 is 0 Å². The van der Waals surface area contributed by atoms with E-state index in [-0.39, 0.29) is 0 Å². The van der Waals surface area contributed by atoms with Crippen LogP contribution < -0.4 is 39.2 Å². The Labute approximate surface area is 802 Å². The van der Waals surface area contributed by atoms with Gasteiger partial charge >= 0.3 is 0 Å². The van der Waals surface area contributed by atoms with E-state index in [2.05, 4.69) is 604 Å². The summed E-state index contributed by atoms with van der Waals surface area (Å²) in [5.74, 6) is 0. The van der Waals surface area contributed by atoms with Crippen molar-refractivity contribution in [1.29, 1.82) is 0 Å².